The molecular formula is C27H35N5O3S2. The lowest BCUT2D eigenvalue weighted by Gasteiger charge is -2.19. The second-order valence-corrected chi connectivity index (χ2v) is 13.0. The number of sulfone groups is 1. The SMILES string of the molecule is CCC(CC)n1c(Cc2cccs2)nc2cc(C(=O)C[C@@H](CC(C)C)CS(=O)(=O)c3ncn[nH]3)ccc21. The van der Waals surface area contributed by atoms with E-state index in [0.717, 1.165) is 36.1 Å². The molecule has 0 aliphatic carbocycles. The zero-order valence-electron chi connectivity index (χ0n) is 21.8. The van der Waals surface area contributed by atoms with Crippen LogP contribution in [0.15, 0.2) is 47.2 Å². The largest absolute Gasteiger partial charge is 0.325 e. The van der Waals surface area contributed by atoms with Gasteiger partial charge in [-0.25, -0.2) is 18.4 Å². The highest BCUT2D eigenvalue weighted by molar-refractivity contribution is 7.91. The molecule has 1 aromatic carbocycles. The Hall–Kier alpha value is -2.85. The second-order valence-electron chi connectivity index (χ2n) is 10.0. The molecule has 4 rings (SSSR count). The number of carbonyl (C=O) groups is 1. The average molecular weight is 542 g/mol. The third kappa shape index (κ3) is 6.35. The summed E-state index contributed by atoms with van der Waals surface area (Å²) in [4.78, 5) is 23.4. The number of imidazole rings is 1. The molecule has 0 radical (unpaired) electrons. The van der Waals surface area contributed by atoms with Crippen LogP contribution in [0.4, 0.5) is 0 Å². The number of Topliss-reactive ketones (excluding diaryl/α,β-unsaturated/α-hetero) is 1. The van der Waals surface area contributed by atoms with Crippen molar-refractivity contribution in [1.82, 2.24) is 24.7 Å². The molecule has 0 fully saturated rings. The number of nitrogens with one attached hydrogen (secondary N) is 1. The Balaban J connectivity index is 1.62. The number of fused-ring (bicyclic) bond motifs is 1. The quantitative estimate of drug-likeness (QED) is 0.212. The topological polar surface area (TPSA) is 111 Å². The Morgan fingerprint density at radius 3 is 2.57 bits per heavy atom. The Morgan fingerprint density at radius 2 is 1.95 bits per heavy atom. The van der Waals surface area contributed by atoms with Crippen molar-refractivity contribution >= 4 is 38.0 Å². The Kier molecular flexibility index (Phi) is 8.59. The van der Waals surface area contributed by atoms with Crippen molar-refractivity contribution < 1.29 is 13.2 Å². The van der Waals surface area contributed by atoms with Crippen molar-refractivity contribution in [1.29, 1.82) is 0 Å². The maximum Gasteiger partial charge on any atom is 0.242 e. The zero-order chi connectivity index (χ0) is 26.6. The first kappa shape index (κ1) is 27.2. The molecule has 0 bridgehead atoms. The molecule has 8 nitrogen and oxygen atoms in total. The van der Waals surface area contributed by atoms with Gasteiger partial charge in [0.2, 0.25) is 15.0 Å². The predicted octanol–water partition coefficient (Wildman–Crippen LogP) is 5.88. The van der Waals surface area contributed by atoms with E-state index in [0.29, 0.717) is 18.0 Å². The summed E-state index contributed by atoms with van der Waals surface area (Å²) in [6.45, 7) is 8.44. The monoisotopic (exact) mass is 541 g/mol. The fraction of sp³-hybridized carbons (Fsp3) is 0.481. The van der Waals surface area contributed by atoms with Gasteiger partial charge >= 0.3 is 0 Å². The minimum atomic E-state index is -3.66. The Morgan fingerprint density at radius 1 is 1.16 bits per heavy atom. The van der Waals surface area contributed by atoms with Crippen molar-refractivity contribution in [3.63, 3.8) is 0 Å². The van der Waals surface area contributed by atoms with Gasteiger partial charge in [0.15, 0.2) is 5.78 Å². The van der Waals surface area contributed by atoms with Gasteiger partial charge in [-0.1, -0.05) is 33.8 Å². The number of hydrogen-bond donors (Lipinski definition) is 1. The van der Waals surface area contributed by atoms with Crippen LogP contribution >= 0.6 is 11.3 Å². The van der Waals surface area contributed by atoms with E-state index in [1.165, 1.54) is 11.2 Å². The smallest absolute Gasteiger partial charge is 0.242 e. The highest BCUT2D eigenvalue weighted by atomic mass is 32.2. The van der Waals surface area contributed by atoms with Crippen LogP contribution in [-0.2, 0) is 16.3 Å². The molecule has 0 aliphatic rings. The van der Waals surface area contributed by atoms with Crippen molar-refractivity contribution in [2.75, 3.05) is 5.75 Å². The zero-order valence-corrected chi connectivity index (χ0v) is 23.5. The number of carbonyl (C=O) groups excluding carboxylic acids is 1. The molecule has 10 heteroatoms. The molecule has 0 saturated heterocycles. The van der Waals surface area contributed by atoms with E-state index in [2.05, 4.69) is 51.1 Å². The number of thiophene rings is 1. The number of rotatable bonds is 13. The summed E-state index contributed by atoms with van der Waals surface area (Å²) in [5, 5.41) is 8.02. The number of aromatic amines is 1. The van der Waals surface area contributed by atoms with Crippen LogP contribution in [0.5, 0.6) is 0 Å². The Labute approximate surface area is 222 Å². The minimum Gasteiger partial charge on any atom is -0.325 e. The van der Waals surface area contributed by atoms with Gasteiger partial charge < -0.3 is 4.57 Å². The summed E-state index contributed by atoms with van der Waals surface area (Å²) in [5.74, 6) is 0.710. The lowest BCUT2D eigenvalue weighted by Crippen LogP contribution is -2.22. The third-order valence-corrected chi connectivity index (χ3v) is 9.30. The molecule has 4 aromatic rings. The van der Waals surface area contributed by atoms with Crippen LogP contribution in [0.25, 0.3) is 11.0 Å². The van der Waals surface area contributed by atoms with Crippen LogP contribution in [0.1, 0.15) is 80.5 Å². The number of benzene rings is 1. The highest BCUT2D eigenvalue weighted by Gasteiger charge is 2.27. The van der Waals surface area contributed by atoms with E-state index in [1.54, 1.807) is 11.3 Å². The van der Waals surface area contributed by atoms with E-state index in [-0.39, 0.29) is 34.9 Å². The molecule has 3 aromatic heterocycles. The van der Waals surface area contributed by atoms with E-state index >= 15 is 0 Å². The first-order chi connectivity index (χ1) is 17.7. The first-order valence-corrected chi connectivity index (χ1v) is 15.4. The summed E-state index contributed by atoms with van der Waals surface area (Å²) in [6.07, 6.45) is 4.69. The van der Waals surface area contributed by atoms with Gasteiger partial charge in [0.05, 0.1) is 16.8 Å². The number of aromatic nitrogens is 5. The van der Waals surface area contributed by atoms with E-state index < -0.39 is 9.84 Å². The van der Waals surface area contributed by atoms with Crippen molar-refractivity contribution in [2.24, 2.45) is 11.8 Å². The molecule has 0 aliphatic heterocycles. The summed E-state index contributed by atoms with van der Waals surface area (Å²) >= 11 is 1.72. The van der Waals surface area contributed by atoms with Gasteiger partial charge in [-0.15, -0.1) is 11.3 Å². The average Bonchev–Trinajstić information content (AvgIpc) is 3.61. The lowest BCUT2D eigenvalue weighted by molar-refractivity contribution is 0.0961. The maximum atomic E-state index is 13.4. The maximum absolute atomic E-state index is 13.4. The molecule has 0 saturated carbocycles. The van der Waals surface area contributed by atoms with Crippen molar-refractivity contribution in [3.05, 3.63) is 58.3 Å². The standard InChI is InChI=1S/C27H35N5O3S2/c1-5-21(6-2)32-24-10-9-20(14-23(24)30-26(32)15-22-8-7-11-36-22)25(33)13-19(12-18(3)4)16-37(34,35)27-28-17-29-31-27/h7-11,14,17-19,21H,5-6,12-13,15-16H2,1-4H3,(H,28,29,31)/t19-/m1/s1. The van der Waals surface area contributed by atoms with Gasteiger partial charge in [0.25, 0.3) is 0 Å². The minimum absolute atomic E-state index is 0.0720. The molecular weight excluding hydrogens is 506 g/mol. The van der Waals surface area contributed by atoms with Gasteiger partial charge in [-0.05, 0) is 60.7 Å². The summed E-state index contributed by atoms with van der Waals surface area (Å²) < 4.78 is 28.0. The third-order valence-electron chi connectivity index (χ3n) is 6.73. The van der Waals surface area contributed by atoms with Gasteiger partial charge in [0.1, 0.15) is 12.2 Å². The van der Waals surface area contributed by atoms with Gasteiger partial charge in [-0.3, -0.25) is 9.89 Å². The van der Waals surface area contributed by atoms with Crippen molar-refractivity contribution in [2.45, 2.75) is 71.0 Å². The molecule has 198 valence electrons. The summed E-state index contributed by atoms with van der Waals surface area (Å²) in [6, 6.07) is 10.2. The number of H-pyrrole nitrogens is 1. The number of ketones is 1. The number of nitrogens with zero attached hydrogens (tertiary/aromatic N) is 4. The molecule has 1 atom stereocenters. The molecule has 37 heavy (non-hydrogen) atoms. The van der Waals surface area contributed by atoms with Crippen LogP contribution in [-0.4, -0.2) is 44.7 Å². The van der Waals surface area contributed by atoms with Crippen LogP contribution in [0.2, 0.25) is 0 Å². The van der Waals surface area contributed by atoms with Gasteiger partial charge in [0, 0.05) is 29.3 Å². The van der Waals surface area contributed by atoms with Crippen LogP contribution in [0.3, 0.4) is 0 Å². The fourth-order valence-corrected chi connectivity index (χ4v) is 7.20. The van der Waals surface area contributed by atoms with Crippen LogP contribution < -0.4 is 0 Å². The molecule has 0 amide bonds. The molecule has 0 spiro atoms. The summed E-state index contributed by atoms with van der Waals surface area (Å²) in [5.41, 5.74) is 2.40. The Bertz CT molecular complexity index is 1420. The van der Waals surface area contributed by atoms with Crippen molar-refractivity contribution in [3.8, 4) is 0 Å². The lowest BCUT2D eigenvalue weighted by atomic mass is 9.92. The van der Waals surface area contributed by atoms with E-state index in [1.807, 2.05) is 32.0 Å². The predicted molar refractivity (Wildman–Crippen MR) is 147 cm³/mol. The number of hydrogen-bond acceptors (Lipinski definition) is 7. The van der Waals surface area contributed by atoms with E-state index in [9.17, 15) is 13.2 Å². The van der Waals surface area contributed by atoms with E-state index in [4.69, 9.17) is 4.98 Å². The summed E-state index contributed by atoms with van der Waals surface area (Å²) in [7, 11) is -3.66. The highest BCUT2D eigenvalue weighted by Crippen LogP contribution is 2.29. The molecule has 1 N–H and O–H groups in total. The fourth-order valence-electron chi connectivity index (χ4n) is 5.07. The molecule has 0 unspecified atom stereocenters. The normalized spacial score (nSPS) is 13.1. The second kappa shape index (κ2) is 11.7. The first-order valence-electron chi connectivity index (χ1n) is 12.9. The molecule has 3 heterocycles. The van der Waals surface area contributed by atoms with Crippen LogP contribution in [0, 0.1) is 11.8 Å². The van der Waals surface area contributed by atoms with Gasteiger partial charge in [-0.2, -0.15) is 5.10 Å².